The maximum Gasteiger partial charge on any atom is 0.306 e. The molecule has 0 saturated heterocycles. The predicted molar refractivity (Wildman–Crippen MR) is 60.9 cm³/mol. The first-order chi connectivity index (χ1) is 7.41. The lowest BCUT2D eigenvalue weighted by Crippen LogP contribution is -2.38. The van der Waals surface area contributed by atoms with Crippen molar-refractivity contribution in [2.24, 2.45) is 17.8 Å². The van der Waals surface area contributed by atoms with Gasteiger partial charge in [0.2, 0.25) is 5.91 Å². The highest BCUT2D eigenvalue weighted by molar-refractivity contribution is 5.79. The van der Waals surface area contributed by atoms with Gasteiger partial charge in [0.25, 0.3) is 0 Å². The van der Waals surface area contributed by atoms with Crippen LogP contribution in [0.25, 0.3) is 0 Å². The SMILES string of the molecule is CC(C)C(C)C(=O)NC1CCC(C(=O)O)C1. The fourth-order valence-corrected chi connectivity index (χ4v) is 1.97. The molecule has 0 aromatic carbocycles. The fraction of sp³-hybridized carbons (Fsp3) is 0.833. The van der Waals surface area contributed by atoms with Gasteiger partial charge in [-0.05, 0) is 25.2 Å². The number of hydrogen-bond donors (Lipinski definition) is 2. The van der Waals surface area contributed by atoms with Gasteiger partial charge in [-0.1, -0.05) is 20.8 Å². The highest BCUT2D eigenvalue weighted by Crippen LogP contribution is 2.26. The van der Waals surface area contributed by atoms with Gasteiger partial charge >= 0.3 is 5.97 Å². The first-order valence-corrected chi connectivity index (χ1v) is 5.95. The monoisotopic (exact) mass is 227 g/mol. The molecule has 0 radical (unpaired) electrons. The number of carboxylic acid groups (broad SMARTS) is 1. The van der Waals surface area contributed by atoms with Crippen molar-refractivity contribution < 1.29 is 14.7 Å². The van der Waals surface area contributed by atoms with Crippen LogP contribution in [0.1, 0.15) is 40.0 Å². The number of carbonyl (C=O) groups excluding carboxylic acids is 1. The third-order valence-electron chi connectivity index (χ3n) is 3.54. The van der Waals surface area contributed by atoms with Crippen molar-refractivity contribution in [1.29, 1.82) is 0 Å². The standard InChI is InChI=1S/C12H21NO3/c1-7(2)8(3)11(14)13-10-5-4-9(6-10)12(15)16/h7-10H,4-6H2,1-3H3,(H,13,14)(H,15,16). The van der Waals surface area contributed by atoms with Crippen LogP contribution >= 0.6 is 0 Å². The Morgan fingerprint density at radius 2 is 1.88 bits per heavy atom. The number of nitrogens with one attached hydrogen (secondary N) is 1. The van der Waals surface area contributed by atoms with Gasteiger partial charge in [-0.3, -0.25) is 9.59 Å². The zero-order chi connectivity index (χ0) is 12.3. The maximum atomic E-state index is 11.8. The molecule has 2 N–H and O–H groups in total. The van der Waals surface area contributed by atoms with Gasteiger partial charge in [-0.2, -0.15) is 0 Å². The second-order valence-electron chi connectivity index (χ2n) is 5.09. The van der Waals surface area contributed by atoms with Gasteiger partial charge in [-0.15, -0.1) is 0 Å². The Morgan fingerprint density at radius 1 is 1.25 bits per heavy atom. The van der Waals surface area contributed by atoms with Crippen molar-refractivity contribution in [3.63, 3.8) is 0 Å². The average molecular weight is 227 g/mol. The lowest BCUT2D eigenvalue weighted by Gasteiger charge is -2.19. The summed E-state index contributed by atoms with van der Waals surface area (Å²) < 4.78 is 0. The summed E-state index contributed by atoms with van der Waals surface area (Å²) in [6.45, 7) is 5.93. The Kier molecular flexibility index (Phi) is 4.33. The molecule has 3 atom stereocenters. The highest BCUT2D eigenvalue weighted by atomic mass is 16.4. The highest BCUT2D eigenvalue weighted by Gasteiger charge is 2.31. The molecule has 3 unspecified atom stereocenters. The van der Waals surface area contributed by atoms with E-state index >= 15 is 0 Å². The molecule has 1 rings (SSSR count). The second-order valence-corrected chi connectivity index (χ2v) is 5.09. The molecule has 0 aromatic heterocycles. The summed E-state index contributed by atoms with van der Waals surface area (Å²) in [6.07, 6.45) is 2.04. The maximum absolute atomic E-state index is 11.8. The number of carbonyl (C=O) groups is 2. The Bertz CT molecular complexity index is 275. The van der Waals surface area contributed by atoms with Gasteiger partial charge in [0.05, 0.1) is 5.92 Å². The Morgan fingerprint density at radius 3 is 2.31 bits per heavy atom. The van der Waals surface area contributed by atoms with Crippen molar-refractivity contribution in [2.45, 2.75) is 46.1 Å². The minimum atomic E-state index is -0.742. The zero-order valence-corrected chi connectivity index (χ0v) is 10.2. The van der Waals surface area contributed by atoms with Crippen LogP contribution in [0.3, 0.4) is 0 Å². The normalized spacial score (nSPS) is 26.8. The molecule has 16 heavy (non-hydrogen) atoms. The first-order valence-electron chi connectivity index (χ1n) is 5.95. The van der Waals surface area contributed by atoms with Crippen molar-refractivity contribution in [1.82, 2.24) is 5.32 Å². The van der Waals surface area contributed by atoms with E-state index in [0.29, 0.717) is 18.8 Å². The summed E-state index contributed by atoms with van der Waals surface area (Å²) >= 11 is 0. The summed E-state index contributed by atoms with van der Waals surface area (Å²) in [6, 6.07) is 0.0507. The minimum Gasteiger partial charge on any atom is -0.481 e. The van der Waals surface area contributed by atoms with E-state index in [4.69, 9.17) is 5.11 Å². The summed E-state index contributed by atoms with van der Waals surface area (Å²) in [4.78, 5) is 22.5. The summed E-state index contributed by atoms with van der Waals surface area (Å²) in [5.74, 6) is -0.667. The molecular weight excluding hydrogens is 206 g/mol. The number of amides is 1. The molecule has 0 heterocycles. The van der Waals surface area contributed by atoms with Crippen LogP contribution in [0.5, 0.6) is 0 Å². The van der Waals surface area contributed by atoms with Gasteiger partial charge in [0.15, 0.2) is 0 Å². The Balaban J connectivity index is 2.40. The van der Waals surface area contributed by atoms with Crippen LogP contribution in [0.4, 0.5) is 0 Å². The molecule has 0 aromatic rings. The van der Waals surface area contributed by atoms with E-state index in [-0.39, 0.29) is 23.8 Å². The van der Waals surface area contributed by atoms with Crippen LogP contribution in [0.2, 0.25) is 0 Å². The van der Waals surface area contributed by atoms with Crippen LogP contribution < -0.4 is 5.32 Å². The average Bonchev–Trinajstić information content (AvgIpc) is 2.64. The Hall–Kier alpha value is -1.06. The van der Waals surface area contributed by atoms with Gasteiger partial charge in [-0.25, -0.2) is 0 Å². The molecule has 0 spiro atoms. The third-order valence-corrected chi connectivity index (χ3v) is 3.54. The molecule has 1 saturated carbocycles. The van der Waals surface area contributed by atoms with Crippen LogP contribution in [-0.4, -0.2) is 23.0 Å². The van der Waals surface area contributed by atoms with Crippen LogP contribution in [0, 0.1) is 17.8 Å². The largest absolute Gasteiger partial charge is 0.481 e. The summed E-state index contributed by atoms with van der Waals surface area (Å²) in [7, 11) is 0. The lowest BCUT2D eigenvalue weighted by atomic mass is 9.97. The van der Waals surface area contributed by atoms with Crippen LogP contribution in [0.15, 0.2) is 0 Å². The van der Waals surface area contributed by atoms with E-state index in [0.717, 1.165) is 6.42 Å². The smallest absolute Gasteiger partial charge is 0.306 e. The molecule has 4 heteroatoms. The van der Waals surface area contributed by atoms with E-state index in [1.807, 2.05) is 20.8 Å². The second kappa shape index (κ2) is 5.32. The van der Waals surface area contributed by atoms with Crippen molar-refractivity contribution in [3.8, 4) is 0 Å². The molecule has 4 nitrogen and oxygen atoms in total. The van der Waals surface area contributed by atoms with E-state index in [1.54, 1.807) is 0 Å². The first kappa shape index (κ1) is 13.0. The summed E-state index contributed by atoms with van der Waals surface area (Å²) in [5, 5.41) is 11.8. The third kappa shape index (κ3) is 3.22. The number of aliphatic carboxylic acids is 1. The minimum absolute atomic E-state index is 0.0103. The van der Waals surface area contributed by atoms with Crippen molar-refractivity contribution in [2.75, 3.05) is 0 Å². The van der Waals surface area contributed by atoms with Crippen molar-refractivity contribution >= 4 is 11.9 Å². The van der Waals surface area contributed by atoms with E-state index in [9.17, 15) is 9.59 Å². The number of carboxylic acids is 1. The van der Waals surface area contributed by atoms with E-state index in [1.165, 1.54) is 0 Å². The molecule has 0 aliphatic heterocycles. The van der Waals surface area contributed by atoms with Gasteiger partial charge in [0, 0.05) is 12.0 Å². The molecular formula is C12H21NO3. The van der Waals surface area contributed by atoms with Gasteiger partial charge in [0.1, 0.15) is 0 Å². The summed E-state index contributed by atoms with van der Waals surface area (Å²) in [5.41, 5.74) is 0. The lowest BCUT2D eigenvalue weighted by molar-refractivity contribution is -0.141. The molecule has 0 bridgehead atoms. The molecule has 1 aliphatic rings. The van der Waals surface area contributed by atoms with Crippen molar-refractivity contribution in [3.05, 3.63) is 0 Å². The quantitative estimate of drug-likeness (QED) is 0.767. The number of rotatable bonds is 4. The topological polar surface area (TPSA) is 66.4 Å². The predicted octanol–water partition coefficient (Wildman–Crippen LogP) is 1.65. The van der Waals surface area contributed by atoms with E-state index < -0.39 is 5.97 Å². The molecule has 1 aliphatic carbocycles. The van der Waals surface area contributed by atoms with E-state index in [2.05, 4.69) is 5.32 Å². The fourth-order valence-electron chi connectivity index (χ4n) is 1.97. The van der Waals surface area contributed by atoms with Crippen LogP contribution in [-0.2, 0) is 9.59 Å². The molecule has 1 fully saturated rings. The number of hydrogen-bond acceptors (Lipinski definition) is 2. The zero-order valence-electron chi connectivity index (χ0n) is 10.2. The Labute approximate surface area is 96.4 Å². The molecule has 92 valence electrons. The molecule has 1 amide bonds. The van der Waals surface area contributed by atoms with Gasteiger partial charge < -0.3 is 10.4 Å².